The molecule has 2 unspecified atom stereocenters. The van der Waals surface area contributed by atoms with Crippen molar-refractivity contribution in [3.05, 3.63) is 11.4 Å². The molecule has 0 bridgehead atoms. The Bertz CT molecular complexity index is 464. The first-order chi connectivity index (χ1) is 10.1. The first kappa shape index (κ1) is 16.0. The highest BCUT2D eigenvalue weighted by Crippen LogP contribution is 2.25. The molecule has 2 atom stereocenters. The maximum Gasteiger partial charge on any atom is 0.135 e. The van der Waals surface area contributed by atoms with Gasteiger partial charge in [0.1, 0.15) is 17.5 Å². The third kappa shape index (κ3) is 4.30. The molecule has 0 amide bonds. The number of anilines is 2. The molecule has 3 N–H and O–H groups in total. The average Bonchev–Trinajstić information content (AvgIpc) is 2.66. The standard InChI is InChI=1S/C16H28N4O/c1-4-10-17-15-11(2)16(19-12(3)18-15)20-13-8-6-5-7-9-14(13)21/h13-14,21H,4-10H2,1-3H3,(H2,17,18,19,20). The fraction of sp³-hybridized carbons (Fsp3) is 0.750. The zero-order chi connectivity index (χ0) is 15.2. The lowest BCUT2D eigenvalue weighted by molar-refractivity contribution is 0.144. The van der Waals surface area contributed by atoms with Gasteiger partial charge in [-0.2, -0.15) is 0 Å². The fourth-order valence-electron chi connectivity index (χ4n) is 2.82. The van der Waals surface area contributed by atoms with E-state index in [1.807, 2.05) is 13.8 Å². The van der Waals surface area contributed by atoms with Crippen molar-refractivity contribution in [3.8, 4) is 0 Å². The van der Waals surface area contributed by atoms with Gasteiger partial charge in [-0.15, -0.1) is 0 Å². The van der Waals surface area contributed by atoms with Crippen molar-refractivity contribution in [2.75, 3.05) is 17.2 Å². The largest absolute Gasteiger partial charge is 0.391 e. The number of aliphatic hydroxyl groups excluding tert-OH is 1. The second kappa shape index (κ2) is 7.59. The molecule has 5 heteroatoms. The molecule has 0 radical (unpaired) electrons. The number of hydrogen-bond acceptors (Lipinski definition) is 5. The maximum absolute atomic E-state index is 10.3. The summed E-state index contributed by atoms with van der Waals surface area (Å²) in [4.78, 5) is 9.00. The highest BCUT2D eigenvalue weighted by Gasteiger charge is 2.23. The number of nitrogens with one attached hydrogen (secondary N) is 2. The molecule has 1 aromatic heterocycles. The number of nitrogens with zero attached hydrogens (tertiary/aromatic N) is 2. The minimum absolute atomic E-state index is 0.0968. The molecule has 0 aliphatic heterocycles. The molecule has 0 spiro atoms. The number of aryl methyl sites for hydroxylation is 1. The van der Waals surface area contributed by atoms with E-state index in [1.165, 1.54) is 12.8 Å². The zero-order valence-electron chi connectivity index (χ0n) is 13.4. The summed E-state index contributed by atoms with van der Waals surface area (Å²) in [5, 5.41) is 17.1. The number of hydrogen-bond donors (Lipinski definition) is 3. The van der Waals surface area contributed by atoms with Crippen molar-refractivity contribution in [2.45, 2.75) is 71.4 Å². The van der Waals surface area contributed by atoms with Gasteiger partial charge in [0.15, 0.2) is 0 Å². The highest BCUT2D eigenvalue weighted by atomic mass is 16.3. The number of aromatic nitrogens is 2. The molecule has 5 nitrogen and oxygen atoms in total. The van der Waals surface area contributed by atoms with Gasteiger partial charge in [-0.1, -0.05) is 26.2 Å². The average molecular weight is 292 g/mol. The van der Waals surface area contributed by atoms with Gasteiger partial charge in [0.25, 0.3) is 0 Å². The molecule has 1 aliphatic carbocycles. The van der Waals surface area contributed by atoms with E-state index in [1.54, 1.807) is 0 Å². The van der Waals surface area contributed by atoms with Crippen LogP contribution >= 0.6 is 0 Å². The summed E-state index contributed by atoms with van der Waals surface area (Å²) in [6, 6.07) is 0.0968. The van der Waals surface area contributed by atoms with Crippen LogP contribution in [-0.2, 0) is 0 Å². The Labute approximate surface area is 127 Å². The first-order valence-corrected chi connectivity index (χ1v) is 8.15. The summed E-state index contributed by atoms with van der Waals surface area (Å²) in [7, 11) is 0. The van der Waals surface area contributed by atoms with Gasteiger partial charge in [-0.25, -0.2) is 9.97 Å². The minimum atomic E-state index is -0.283. The third-order valence-electron chi connectivity index (χ3n) is 4.10. The van der Waals surface area contributed by atoms with Crippen LogP contribution in [0.25, 0.3) is 0 Å². The Balaban J connectivity index is 2.16. The van der Waals surface area contributed by atoms with Gasteiger partial charge in [0, 0.05) is 12.1 Å². The van der Waals surface area contributed by atoms with Crippen molar-refractivity contribution in [1.29, 1.82) is 0 Å². The van der Waals surface area contributed by atoms with Crippen LogP contribution in [0.15, 0.2) is 0 Å². The van der Waals surface area contributed by atoms with Crippen LogP contribution in [-0.4, -0.2) is 33.8 Å². The van der Waals surface area contributed by atoms with E-state index in [-0.39, 0.29) is 12.1 Å². The van der Waals surface area contributed by atoms with Gasteiger partial charge < -0.3 is 15.7 Å². The molecule has 1 aromatic rings. The molecule has 21 heavy (non-hydrogen) atoms. The summed E-state index contributed by atoms with van der Waals surface area (Å²) < 4.78 is 0. The van der Waals surface area contributed by atoms with Gasteiger partial charge in [-0.3, -0.25) is 0 Å². The SMILES string of the molecule is CCCNc1nc(C)nc(NC2CCCCCC2O)c1C. The number of aliphatic hydroxyl groups is 1. The summed E-state index contributed by atoms with van der Waals surface area (Å²) in [6.07, 6.45) is 6.15. The highest BCUT2D eigenvalue weighted by molar-refractivity contribution is 5.57. The van der Waals surface area contributed by atoms with E-state index in [0.717, 1.165) is 55.3 Å². The molecule has 1 heterocycles. The third-order valence-corrected chi connectivity index (χ3v) is 4.10. The van der Waals surface area contributed by atoms with Crippen LogP contribution in [0.5, 0.6) is 0 Å². The van der Waals surface area contributed by atoms with E-state index in [2.05, 4.69) is 27.5 Å². The summed E-state index contributed by atoms with van der Waals surface area (Å²) >= 11 is 0. The monoisotopic (exact) mass is 292 g/mol. The molecule has 1 aliphatic rings. The summed E-state index contributed by atoms with van der Waals surface area (Å²) in [6.45, 7) is 6.98. The van der Waals surface area contributed by atoms with Crippen molar-refractivity contribution in [1.82, 2.24) is 9.97 Å². The summed E-state index contributed by atoms with van der Waals surface area (Å²) in [5.74, 6) is 2.51. The maximum atomic E-state index is 10.3. The fourth-order valence-corrected chi connectivity index (χ4v) is 2.82. The predicted octanol–water partition coefficient (Wildman–Crippen LogP) is 3.02. The molecule has 2 rings (SSSR count). The van der Waals surface area contributed by atoms with Crippen molar-refractivity contribution in [3.63, 3.8) is 0 Å². The Kier molecular flexibility index (Phi) is 5.79. The van der Waals surface area contributed by atoms with Crippen LogP contribution in [0.3, 0.4) is 0 Å². The Morgan fingerprint density at radius 3 is 2.57 bits per heavy atom. The first-order valence-electron chi connectivity index (χ1n) is 8.15. The van der Waals surface area contributed by atoms with E-state index >= 15 is 0 Å². The van der Waals surface area contributed by atoms with Crippen LogP contribution < -0.4 is 10.6 Å². The second-order valence-corrected chi connectivity index (χ2v) is 5.98. The lowest BCUT2D eigenvalue weighted by Crippen LogP contribution is -2.33. The topological polar surface area (TPSA) is 70.1 Å². The van der Waals surface area contributed by atoms with Gasteiger partial charge in [0.05, 0.1) is 12.1 Å². The van der Waals surface area contributed by atoms with Crippen molar-refractivity contribution < 1.29 is 5.11 Å². The molecule has 118 valence electrons. The van der Waals surface area contributed by atoms with E-state index < -0.39 is 0 Å². The minimum Gasteiger partial charge on any atom is -0.391 e. The van der Waals surface area contributed by atoms with Gasteiger partial charge in [0.2, 0.25) is 0 Å². The molecular weight excluding hydrogens is 264 g/mol. The molecule has 0 aromatic carbocycles. The van der Waals surface area contributed by atoms with Crippen LogP contribution in [0, 0.1) is 13.8 Å². The second-order valence-electron chi connectivity index (χ2n) is 5.98. The lowest BCUT2D eigenvalue weighted by Gasteiger charge is -2.24. The normalized spacial score (nSPS) is 22.7. The lowest BCUT2D eigenvalue weighted by atomic mass is 10.1. The van der Waals surface area contributed by atoms with Gasteiger partial charge >= 0.3 is 0 Å². The molecule has 0 saturated heterocycles. The van der Waals surface area contributed by atoms with Gasteiger partial charge in [-0.05, 0) is 33.1 Å². The number of rotatable bonds is 5. The van der Waals surface area contributed by atoms with Crippen LogP contribution in [0.1, 0.15) is 56.8 Å². The van der Waals surface area contributed by atoms with Crippen molar-refractivity contribution >= 4 is 11.6 Å². The van der Waals surface area contributed by atoms with E-state index in [4.69, 9.17) is 0 Å². The van der Waals surface area contributed by atoms with E-state index in [9.17, 15) is 5.11 Å². The van der Waals surface area contributed by atoms with E-state index in [0.29, 0.717) is 0 Å². The zero-order valence-corrected chi connectivity index (χ0v) is 13.4. The smallest absolute Gasteiger partial charge is 0.135 e. The molecule has 1 saturated carbocycles. The Morgan fingerprint density at radius 2 is 1.81 bits per heavy atom. The quantitative estimate of drug-likeness (QED) is 0.728. The summed E-state index contributed by atoms with van der Waals surface area (Å²) in [5.41, 5.74) is 1.03. The Hall–Kier alpha value is -1.36. The molecular formula is C16H28N4O. The van der Waals surface area contributed by atoms with Crippen molar-refractivity contribution in [2.24, 2.45) is 0 Å². The predicted molar refractivity (Wildman–Crippen MR) is 86.8 cm³/mol. The molecule has 1 fully saturated rings. The van der Waals surface area contributed by atoms with Crippen LogP contribution in [0.2, 0.25) is 0 Å². The Morgan fingerprint density at radius 1 is 1.10 bits per heavy atom. The van der Waals surface area contributed by atoms with Crippen LogP contribution in [0.4, 0.5) is 11.6 Å².